The number of aromatic nitrogens is 24. The fourth-order valence-corrected chi connectivity index (χ4v) is 6.46. The van der Waals surface area contributed by atoms with Crippen LogP contribution >= 0.6 is 0 Å². The Kier molecular flexibility index (Phi) is 12.3. The lowest BCUT2D eigenvalue weighted by molar-refractivity contribution is 0.284. The van der Waals surface area contributed by atoms with Crippen molar-refractivity contribution in [3.63, 3.8) is 0 Å². The second-order valence-electron chi connectivity index (χ2n) is 13.2. The summed E-state index contributed by atoms with van der Waals surface area (Å²) >= 11 is 0. The maximum atomic E-state index is 4.22. The van der Waals surface area contributed by atoms with Gasteiger partial charge in [-0.05, 0) is 72.8 Å². The van der Waals surface area contributed by atoms with E-state index in [0.717, 1.165) is 0 Å². The lowest BCUT2D eigenvalue weighted by Crippen LogP contribution is -2.27. The van der Waals surface area contributed by atoms with Crippen LogP contribution in [0.15, 0.2) is 222 Å². The van der Waals surface area contributed by atoms with Gasteiger partial charge in [-0.3, -0.25) is 0 Å². The number of nitrogens with zero attached hydrogens (tertiary/aromatic N) is 24. The van der Waals surface area contributed by atoms with Gasteiger partial charge >= 0.3 is 0 Å². The maximum Gasteiger partial charge on any atom is 0.238 e. The molecule has 0 radical (unpaired) electrons. The van der Waals surface area contributed by atoms with Crippen LogP contribution < -0.4 is 0 Å². The van der Waals surface area contributed by atoms with Crippen molar-refractivity contribution in [1.29, 1.82) is 0 Å². The van der Waals surface area contributed by atoms with Gasteiger partial charge in [0.25, 0.3) is 0 Å². The summed E-state index contributed by atoms with van der Waals surface area (Å²) in [6, 6.07) is 22.5. The average molecular weight is 857 g/mol. The van der Waals surface area contributed by atoms with Gasteiger partial charge in [-0.2, -0.15) is 61.2 Å². The molecule has 12 rings (SSSR count). The van der Waals surface area contributed by atoms with Gasteiger partial charge in [0, 0.05) is 149 Å². The Morgan fingerprint density at radius 2 is 0.250 bits per heavy atom. The van der Waals surface area contributed by atoms with E-state index in [0.29, 0.717) is 0 Å². The van der Waals surface area contributed by atoms with Crippen LogP contribution in [0.1, 0.15) is 25.2 Å². The van der Waals surface area contributed by atoms with Gasteiger partial charge in [-0.15, -0.1) is 0 Å². The standard InChI is InChI=1S/4C10H10N6/c4*1-4-11-14(7-1)10(15-8-2-5-12-15)16-9-3-6-13-16/h4*1-10H. The monoisotopic (exact) mass is 856 g/mol. The zero-order chi connectivity index (χ0) is 43.2. The molecule has 320 valence electrons. The fraction of sp³-hybridized carbons (Fsp3) is 0.100. The molecule has 64 heavy (non-hydrogen) atoms. The van der Waals surface area contributed by atoms with Crippen molar-refractivity contribution in [3.05, 3.63) is 222 Å². The third-order valence-electron chi connectivity index (χ3n) is 9.14. The summed E-state index contributed by atoms with van der Waals surface area (Å²) in [7, 11) is 0. The molecule has 24 heteroatoms. The summed E-state index contributed by atoms with van der Waals surface area (Å²) in [6.07, 6.45) is 42.7. The first kappa shape index (κ1) is 40.0. The van der Waals surface area contributed by atoms with E-state index in [9.17, 15) is 0 Å². The van der Waals surface area contributed by atoms with E-state index < -0.39 is 0 Å². The Hall–Kier alpha value is -9.48. The van der Waals surface area contributed by atoms with Crippen LogP contribution in [0.2, 0.25) is 0 Å². The van der Waals surface area contributed by atoms with Crippen molar-refractivity contribution in [3.8, 4) is 0 Å². The molecule has 0 saturated carbocycles. The highest BCUT2D eigenvalue weighted by molar-refractivity contribution is 4.93. The molecular formula is C40H40N24. The lowest BCUT2D eigenvalue weighted by atomic mass is 10.7. The van der Waals surface area contributed by atoms with Crippen molar-refractivity contribution in [2.45, 2.75) is 25.2 Å². The maximum absolute atomic E-state index is 4.22. The van der Waals surface area contributed by atoms with E-state index in [-0.39, 0.29) is 25.2 Å². The molecule has 0 fully saturated rings. The van der Waals surface area contributed by atoms with E-state index in [1.54, 1.807) is 131 Å². The van der Waals surface area contributed by atoms with Crippen LogP contribution in [-0.2, 0) is 0 Å². The lowest BCUT2D eigenvalue weighted by Gasteiger charge is -2.18. The predicted octanol–water partition coefficient (Wildman–Crippen LogP) is 3.32. The molecular weight excluding hydrogens is 817 g/mol. The molecule has 0 saturated heterocycles. The average Bonchev–Trinajstić information content (AvgIpc) is 4.17. The first-order valence-corrected chi connectivity index (χ1v) is 19.7. The van der Waals surface area contributed by atoms with Gasteiger partial charge in [-0.25, -0.2) is 56.2 Å². The number of rotatable bonds is 12. The molecule has 12 aromatic heterocycles. The van der Waals surface area contributed by atoms with Crippen LogP contribution in [0, 0.1) is 0 Å². The molecule has 0 aliphatic rings. The summed E-state index contributed by atoms with van der Waals surface area (Å²) in [6.45, 7) is 0. The number of hydrogen-bond acceptors (Lipinski definition) is 12. The van der Waals surface area contributed by atoms with E-state index in [1.807, 2.05) is 147 Å². The van der Waals surface area contributed by atoms with Crippen molar-refractivity contribution in [1.82, 2.24) is 117 Å². The molecule has 12 heterocycles. The Bertz CT molecular complexity index is 2170. The highest BCUT2D eigenvalue weighted by Crippen LogP contribution is 2.13. The van der Waals surface area contributed by atoms with Crippen LogP contribution in [0.5, 0.6) is 0 Å². The van der Waals surface area contributed by atoms with Gasteiger partial charge in [-0.1, -0.05) is 0 Å². The van der Waals surface area contributed by atoms with Gasteiger partial charge in [0.2, 0.25) is 25.2 Å². The minimum Gasteiger partial charge on any atom is -0.227 e. The highest BCUT2D eigenvalue weighted by Gasteiger charge is 2.18. The van der Waals surface area contributed by atoms with E-state index >= 15 is 0 Å². The van der Waals surface area contributed by atoms with Gasteiger partial charge in [0.1, 0.15) is 0 Å². The van der Waals surface area contributed by atoms with Crippen molar-refractivity contribution in [2.24, 2.45) is 0 Å². The summed E-state index contributed by atoms with van der Waals surface area (Å²) in [5.41, 5.74) is 0. The largest absolute Gasteiger partial charge is 0.238 e. The van der Waals surface area contributed by atoms with Crippen LogP contribution in [0.3, 0.4) is 0 Å². The number of hydrogen-bond donors (Lipinski definition) is 0. The Balaban J connectivity index is 0.000000108. The van der Waals surface area contributed by atoms with Gasteiger partial charge in [0.15, 0.2) is 0 Å². The Labute approximate surface area is 363 Å². The zero-order valence-electron chi connectivity index (χ0n) is 33.8. The van der Waals surface area contributed by atoms with Crippen LogP contribution in [0.25, 0.3) is 0 Å². The summed E-state index contributed by atoms with van der Waals surface area (Å²) in [4.78, 5) is 0. The van der Waals surface area contributed by atoms with E-state index in [1.165, 1.54) is 0 Å². The Morgan fingerprint density at radius 1 is 0.156 bits per heavy atom. The predicted molar refractivity (Wildman–Crippen MR) is 226 cm³/mol. The molecule has 0 amide bonds. The molecule has 0 aromatic carbocycles. The first-order valence-electron chi connectivity index (χ1n) is 19.7. The molecule has 0 bridgehead atoms. The van der Waals surface area contributed by atoms with Gasteiger partial charge in [0.05, 0.1) is 0 Å². The molecule has 0 N–H and O–H groups in total. The Morgan fingerprint density at radius 3 is 0.312 bits per heavy atom. The fourth-order valence-electron chi connectivity index (χ4n) is 6.46. The van der Waals surface area contributed by atoms with E-state index in [4.69, 9.17) is 0 Å². The summed E-state index contributed by atoms with van der Waals surface area (Å²) in [5, 5.41) is 50.7. The third-order valence-corrected chi connectivity index (χ3v) is 9.14. The zero-order valence-corrected chi connectivity index (χ0v) is 33.8. The van der Waals surface area contributed by atoms with Crippen molar-refractivity contribution in [2.75, 3.05) is 0 Å². The van der Waals surface area contributed by atoms with Crippen LogP contribution in [0.4, 0.5) is 0 Å². The molecule has 24 nitrogen and oxygen atoms in total. The van der Waals surface area contributed by atoms with Crippen LogP contribution in [-0.4, -0.2) is 117 Å². The van der Waals surface area contributed by atoms with Gasteiger partial charge < -0.3 is 0 Å². The minimum atomic E-state index is -0.194. The summed E-state index contributed by atoms with van der Waals surface area (Å²) < 4.78 is 21.5. The first-order chi connectivity index (χ1) is 31.8. The second-order valence-corrected chi connectivity index (χ2v) is 13.2. The normalized spacial score (nSPS) is 11.1. The molecule has 0 aliphatic heterocycles. The second kappa shape index (κ2) is 19.7. The summed E-state index contributed by atoms with van der Waals surface area (Å²) in [5.74, 6) is 0. The smallest absolute Gasteiger partial charge is 0.227 e. The van der Waals surface area contributed by atoms with E-state index in [2.05, 4.69) is 61.2 Å². The highest BCUT2D eigenvalue weighted by atomic mass is 15.6. The third kappa shape index (κ3) is 9.29. The quantitative estimate of drug-likeness (QED) is 0.173. The van der Waals surface area contributed by atoms with Crippen molar-refractivity contribution < 1.29 is 0 Å². The minimum absolute atomic E-state index is 0.194. The SMILES string of the molecule is c1cnn(C(n2cccn2)n2cccn2)c1.c1cnn(C(n2cccn2)n2cccn2)c1.c1cnn(C(n2cccn2)n2cccn2)c1.c1cnn(C(n2cccn2)n2cccn2)c1. The topological polar surface area (TPSA) is 214 Å². The molecule has 0 spiro atoms. The molecule has 0 aliphatic carbocycles. The molecule has 0 atom stereocenters. The molecule has 12 aromatic rings. The van der Waals surface area contributed by atoms with Crippen molar-refractivity contribution >= 4 is 0 Å². The molecule has 0 unspecified atom stereocenters.